The Hall–Kier alpha value is -1.49. The fourth-order valence-corrected chi connectivity index (χ4v) is 2.60. The van der Waals surface area contributed by atoms with Gasteiger partial charge in [0.15, 0.2) is 5.82 Å². The molecule has 0 unspecified atom stereocenters. The van der Waals surface area contributed by atoms with Crippen molar-refractivity contribution in [1.29, 1.82) is 0 Å². The summed E-state index contributed by atoms with van der Waals surface area (Å²) in [5.41, 5.74) is 1.50. The molecule has 0 atom stereocenters. The summed E-state index contributed by atoms with van der Waals surface area (Å²) < 4.78 is 25.2. The van der Waals surface area contributed by atoms with E-state index >= 15 is 0 Å². The molecule has 6 heteroatoms. The summed E-state index contributed by atoms with van der Waals surface area (Å²) in [6.07, 6.45) is -0.362. The SMILES string of the molecule is FC(F)c1nc(Cl)c2cc(N3CCCC3)ccc2n1. The van der Waals surface area contributed by atoms with Crippen molar-refractivity contribution in [1.82, 2.24) is 9.97 Å². The van der Waals surface area contributed by atoms with Gasteiger partial charge >= 0.3 is 0 Å². The topological polar surface area (TPSA) is 29.0 Å². The van der Waals surface area contributed by atoms with E-state index in [-0.39, 0.29) is 5.15 Å². The first-order valence-corrected chi connectivity index (χ1v) is 6.53. The van der Waals surface area contributed by atoms with Gasteiger partial charge in [0.25, 0.3) is 6.43 Å². The van der Waals surface area contributed by atoms with E-state index in [1.165, 1.54) is 12.8 Å². The molecule has 3 rings (SSSR count). The predicted octanol–water partition coefficient (Wildman–Crippen LogP) is 3.82. The highest BCUT2D eigenvalue weighted by Crippen LogP contribution is 2.29. The van der Waals surface area contributed by atoms with Crippen molar-refractivity contribution in [2.45, 2.75) is 19.3 Å². The Balaban J connectivity index is 2.08. The molecular formula is C13H12ClF2N3. The molecule has 0 N–H and O–H groups in total. The van der Waals surface area contributed by atoms with Crippen LogP contribution in [0.4, 0.5) is 14.5 Å². The predicted molar refractivity (Wildman–Crippen MR) is 71.0 cm³/mol. The monoisotopic (exact) mass is 283 g/mol. The number of benzene rings is 1. The number of nitrogens with zero attached hydrogens (tertiary/aromatic N) is 3. The first kappa shape index (κ1) is 12.5. The standard InChI is InChI=1S/C13H12ClF2N3/c14-11-9-7-8(19-5-1-2-6-19)3-4-10(9)17-13(18-11)12(15)16/h3-4,7,12H,1-2,5-6H2. The van der Waals surface area contributed by atoms with E-state index in [4.69, 9.17) is 11.6 Å². The molecule has 1 saturated heterocycles. The molecule has 1 aliphatic heterocycles. The first-order chi connectivity index (χ1) is 9.15. The lowest BCUT2D eigenvalue weighted by atomic mass is 10.2. The fourth-order valence-electron chi connectivity index (χ4n) is 2.37. The lowest BCUT2D eigenvalue weighted by molar-refractivity contribution is 0.141. The van der Waals surface area contributed by atoms with E-state index in [9.17, 15) is 8.78 Å². The maximum absolute atomic E-state index is 12.6. The molecule has 1 fully saturated rings. The van der Waals surface area contributed by atoms with Crippen LogP contribution >= 0.6 is 11.6 Å². The summed E-state index contributed by atoms with van der Waals surface area (Å²) in [5, 5.41) is 0.705. The Labute approximate surface area is 114 Å². The van der Waals surface area contributed by atoms with Crippen molar-refractivity contribution in [2.24, 2.45) is 0 Å². The molecule has 0 spiro atoms. The first-order valence-electron chi connectivity index (χ1n) is 6.15. The summed E-state index contributed by atoms with van der Waals surface area (Å²) in [4.78, 5) is 9.74. The molecule has 0 radical (unpaired) electrons. The van der Waals surface area contributed by atoms with Crippen LogP contribution in [0.1, 0.15) is 25.1 Å². The largest absolute Gasteiger partial charge is 0.372 e. The quantitative estimate of drug-likeness (QED) is 0.785. The zero-order valence-corrected chi connectivity index (χ0v) is 10.9. The van der Waals surface area contributed by atoms with Gasteiger partial charge in [0.1, 0.15) is 5.15 Å². The maximum atomic E-state index is 12.6. The Morgan fingerprint density at radius 1 is 1.16 bits per heavy atom. The van der Waals surface area contributed by atoms with E-state index in [1.807, 2.05) is 12.1 Å². The van der Waals surface area contributed by atoms with Gasteiger partial charge in [-0.3, -0.25) is 0 Å². The summed E-state index contributed by atoms with van der Waals surface area (Å²) in [7, 11) is 0. The van der Waals surface area contributed by atoms with Crippen molar-refractivity contribution >= 4 is 28.2 Å². The molecule has 2 heterocycles. The lowest BCUT2D eigenvalue weighted by Crippen LogP contribution is -2.17. The van der Waals surface area contributed by atoms with Crippen molar-refractivity contribution in [3.63, 3.8) is 0 Å². The molecule has 0 bridgehead atoms. The minimum absolute atomic E-state index is 0.0846. The molecule has 0 saturated carbocycles. The Kier molecular flexibility index (Phi) is 3.22. The number of aromatic nitrogens is 2. The molecule has 0 aliphatic carbocycles. The molecular weight excluding hydrogens is 272 g/mol. The van der Waals surface area contributed by atoms with E-state index in [0.29, 0.717) is 10.9 Å². The van der Waals surface area contributed by atoms with Crippen LogP contribution in [0.2, 0.25) is 5.15 Å². The second kappa shape index (κ2) is 4.89. The number of fused-ring (bicyclic) bond motifs is 1. The van der Waals surface area contributed by atoms with E-state index < -0.39 is 12.2 Å². The average molecular weight is 284 g/mol. The summed E-state index contributed by atoms with van der Waals surface area (Å²) in [5.74, 6) is -0.522. The number of rotatable bonds is 2. The average Bonchev–Trinajstić information content (AvgIpc) is 2.92. The van der Waals surface area contributed by atoms with Crippen molar-refractivity contribution in [3.05, 3.63) is 29.2 Å². The minimum Gasteiger partial charge on any atom is -0.372 e. The van der Waals surface area contributed by atoms with Crippen LogP contribution in [0.5, 0.6) is 0 Å². The van der Waals surface area contributed by atoms with Gasteiger partial charge in [-0.15, -0.1) is 0 Å². The minimum atomic E-state index is -2.71. The lowest BCUT2D eigenvalue weighted by Gasteiger charge is -2.18. The number of anilines is 1. The summed E-state index contributed by atoms with van der Waals surface area (Å²) in [6, 6.07) is 5.49. The van der Waals surface area contributed by atoms with Crippen molar-refractivity contribution < 1.29 is 8.78 Å². The van der Waals surface area contributed by atoms with Crippen LogP contribution in [0.15, 0.2) is 18.2 Å². The number of hydrogen-bond acceptors (Lipinski definition) is 3. The van der Waals surface area contributed by atoms with Gasteiger partial charge in [-0.05, 0) is 31.0 Å². The second-order valence-electron chi connectivity index (χ2n) is 4.57. The van der Waals surface area contributed by atoms with Crippen LogP contribution in [0, 0.1) is 0 Å². The Bertz CT molecular complexity index is 612. The maximum Gasteiger partial charge on any atom is 0.297 e. The van der Waals surface area contributed by atoms with E-state index in [0.717, 1.165) is 18.8 Å². The van der Waals surface area contributed by atoms with Crippen molar-refractivity contribution in [3.8, 4) is 0 Å². The third kappa shape index (κ3) is 2.34. The highest BCUT2D eigenvalue weighted by Gasteiger charge is 2.17. The zero-order valence-electron chi connectivity index (χ0n) is 10.1. The normalized spacial score (nSPS) is 15.7. The Morgan fingerprint density at radius 2 is 1.89 bits per heavy atom. The van der Waals surface area contributed by atoms with Gasteiger partial charge in [0.2, 0.25) is 0 Å². The molecule has 1 aromatic carbocycles. The third-order valence-electron chi connectivity index (χ3n) is 3.32. The van der Waals surface area contributed by atoms with Gasteiger partial charge < -0.3 is 4.90 Å². The van der Waals surface area contributed by atoms with Gasteiger partial charge in [-0.25, -0.2) is 18.7 Å². The summed E-state index contributed by atoms with van der Waals surface area (Å²) >= 11 is 5.98. The van der Waals surface area contributed by atoms with Gasteiger partial charge in [0.05, 0.1) is 5.52 Å². The second-order valence-corrected chi connectivity index (χ2v) is 4.93. The Morgan fingerprint density at radius 3 is 2.58 bits per heavy atom. The number of alkyl halides is 2. The van der Waals surface area contributed by atoms with Crippen LogP contribution in [0.25, 0.3) is 10.9 Å². The number of halogens is 3. The fraction of sp³-hybridized carbons (Fsp3) is 0.385. The molecule has 3 nitrogen and oxygen atoms in total. The molecule has 19 heavy (non-hydrogen) atoms. The molecule has 2 aromatic rings. The van der Waals surface area contributed by atoms with Crippen LogP contribution < -0.4 is 4.90 Å². The zero-order chi connectivity index (χ0) is 13.4. The van der Waals surface area contributed by atoms with Crippen LogP contribution in [-0.2, 0) is 0 Å². The molecule has 1 aliphatic rings. The van der Waals surface area contributed by atoms with E-state index in [2.05, 4.69) is 14.9 Å². The highest BCUT2D eigenvalue weighted by atomic mass is 35.5. The van der Waals surface area contributed by atoms with Crippen molar-refractivity contribution in [2.75, 3.05) is 18.0 Å². The van der Waals surface area contributed by atoms with Crippen LogP contribution in [-0.4, -0.2) is 23.1 Å². The summed E-state index contributed by atoms with van der Waals surface area (Å²) in [6.45, 7) is 2.03. The smallest absolute Gasteiger partial charge is 0.297 e. The molecule has 1 aromatic heterocycles. The highest BCUT2D eigenvalue weighted by molar-refractivity contribution is 6.34. The van der Waals surface area contributed by atoms with Gasteiger partial charge in [-0.1, -0.05) is 11.6 Å². The van der Waals surface area contributed by atoms with E-state index in [1.54, 1.807) is 6.07 Å². The van der Waals surface area contributed by atoms with Crippen LogP contribution in [0.3, 0.4) is 0 Å². The third-order valence-corrected chi connectivity index (χ3v) is 3.60. The van der Waals surface area contributed by atoms with Gasteiger partial charge in [0, 0.05) is 24.2 Å². The van der Waals surface area contributed by atoms with Gasteiger partial charge in [-0.2, -0.15) is 0 Å². The molecule has 0 amide bonds. The molecule has 100 valence electrons. The number of hydrogen-bond donors (Lipinski definition) is 0.